The van der Waals surface area contributed by atoms with Crippen molar-refractivity contribution in [1.82, 2.24) is 5.32 Å². The second-order valence-electron chi connectivity index (χ2n) is 4.89. The van der Waals surface area contributed by atoms with Gasteiger partial charge in [-0.2, -0.15) is 0 Å². The van der Waals surface area contributed by atoms with E-state index in [9.17, 15) is 13.2 Å². The van der Waals surface area contributed by atoms with Gasteiger partial charge in [-0.05, 0) is 31.0 Å². The largest absolute Gasteiger partial charge is 0.349 e. The lowest BCUT2D eigenvalue weighted by Crippen LogP contribution is -2.33. The summed E-state index contributed by atoms with van der Waals surface area (Å²) in [6, 6.07) is 7.07. The van der Waals surface area contributed by atoms with Gasteiger partial charge in [0.05, 0.1) is 23.5 Å². The third-order valence-corrected chi connectivity index (χ3v) is 5.31. The van der Waals surface area contributed by atoms with Crippen LogP contribution in [0.2, 0.25) is 5.02 Å². The highest BCUT2D eigenvalue weighted by molar-refractivity contribution is 7.91. The van der Waals surface area contributed by atoms with E-state index in [2.05, 4.69) is 5.32 Å². The molecule has 1 aromatic rings. The van der Waals surface area contributed by atoms with E-state index in [0.717, 1.165) is 5.56 Å². The molecular weight excluding hydrogens is 286 g/mol. The van der Waals surface area contributed by atoms with Crippen molar-refractivity contribution in [2.75, 3.05) is 11.5 Å². The summed E-state index contributed by atoms with van der Waals surface area (Å²) in [6.07, 6.45) is 0.413. The van der Waals surface area contributed by atoms with Crippen molar-refractivity contribution in [3.63, 3.8) is 0 Å². The SMILES string of the molecule is CC(NC(=O)C1CCS(=O)(=O)C1)c1cccc(Cl)c1. The second-order valence-corrected chi connectivity index (χ2v) is 7.55. The number of carbonyl (C=O) groups is 1. The van der Waals surface area contributed by atoms with Crippen molar-refractivity contribution in [2.24, 2.45) is 5.92 Å². The lowest BCUT2D eigenvalue weighted by molar-refractivity contribution is -0.124. The highest BCUT2D eigenvalue weighted by atomic mass is 35.5. The number of nitrogens with one attached hydrogen (secondary N) is 1. The maximum atomic E-state index is 12.0. The van der Waals surface area contributed by atoms with Crippen LogP contribution >= 0.6 is 11.6 Å². The molecule has 19 heavy (non-hydrogen) atoms. The Balaban J connectivity index is 2.00. The van der Waals surface area contributed by atoms with Gasteiger partial charge in [0.1, 0.15) is 0 Å². The van der Waals surface area contributed by atoms with E-state index in [0.29, 0.717) is 11.4 Å². The molecule has 0 aromatic heterocycles. The molecule has 1 saturated heterocycles. The summed E-state index contributed by atoms with van der Waals surface area (Å²) in [5.41, 5.74) is 0.904. The Bertz CT molecular complexity index is 585. The van der Waals surface area contributed by atoms with Crippen molar-refractivity contribution in [3.8, 4) is 0 Å². The van der Waals surface area contributed by atoms with Crippen LogP contribution in [0.25, 0.3) is 0 Å². The van der Waals surface area contributed by atoms with Crippen LogP contribution in [0.5, 0.6) is 0 Å². The van der Waals surface area contributed by atoms with E-state index in [1.54, 1.807) is 12.1 Å². The minimum atomic E-state index is -3.03. The minimum Gasteiger partial charge on any atom is -0.349 e. The quantitative estimate of drug-likeness (QED) is 0.928. The van der Waals surface area contributed by atoms with Gasteiger partial charge < -0.3 is 5.32 Å². The molecule has 0 saturated carbocycles. The number of hydrogen-bond acceptors (Lipinski definition) is 3. The van der Waals surface area contributed by atoms with E-state index in [-0.39, 0.29) is 23.5 Å². The topological polar surface area (TPSA) is 63.2 Å². The molecule has 4 nitrogen and oxygen atoms in total. The first-order valence-corrected chi connectivity index (χ1v) is 8.33. The molecule has 1 fully saturated rings. The molecule has 1 heterocycles. The van der Waals surface area contributed by atoms with Crippen molar-refractivity contribution >= 4 is 27.3 Å². The molecule has 2 unspecified atom stereocenters. The summed E-state index contributed by atoms with van der Waals surface area (Å²) in [6.45, 7) is 1.85. The fourth-order valence-corrected chi connectivity index (χ4v) is 4.13. The monoisotopic (exact) mass is 301 g/mol. The lowest BCUT2D eigenvalue weighted by atomic mass is 10.1. The van der Waals surface area contributed by atoms with E-state index in [4.69, 9.17) is 11.6 Å². The molecule has 0 aliphatic carbocycles. The number of amides is 1. The first kappa shape index (κ1) is 14.3. The number of benzene rings is 1. The summed E-state index contributed by atoms with van der Waals surface area (Å²) in [5, 5.41) is 3.45. The van der Waals surface area contributed by atoms with Crippen LogP contribution in [0.1, 0.15) is 24.9 Å². The highest BCUT2D eigenvalue weighted by Crippen LogP contribution is 2.21. The third kappa shape index (κ3) is 3.70. The molecule has 2 rings (SSSR count). The number of hydrogen-bond donors (Lipinski definition) is 1. The Morgan fingerprint density at radius 1 is 1.47 bits per heavy atom. The molecule has 0 bridgehead atoms. The number of carbonyl (C=O) groups excluding carboxylic acids is 1. The first-order chi connectivity index (χ1) is 8.87. The van der Waals surface area contributed by atoms with Crippen LogP contribution in [0, 0.1) is 5.92 Å². The zero-order chi connectivity index (χ0) is 14.0. The molecule has 0 spiro atoms. The summed E-state index contributed by atoms with van der Waals surface area (Å²) in [4.78, 5) is 12.0. The Hall–Kier alpha value is -1.07. The van der Waals surface area contributed by atoms with Crippen LogP contribution in [-0.2, 0) is 14.6 Å². The fourth-order valence-electron chi connectivity index (χ4n) is 2.19. The molecule has 1 N–H and O–H groups in total. The molecule has 104 valence electrons. The smallest absolute Gasteiger partial charge is 0.224 e. The average Bonchev–Trinajstić information content (AvgIpc) is 2.69. The average molecular weight is 302 g/mol. The minimum absolute atomic E-state index is 0.0406. The summed E-state index contributed by atoms with van der Waals surface area (Å²) in [7, 11) is -3.03. The van der Waals surface area contributed by atoms with Crippen LogP contribution in [0.3, 0.4) is 0 Å². The van der Waals surface area contributed by atoms with Gasteiger partial charge in [0, 0.05) is 5.02 Å². The summed E-state index contributed by atoms with van der Waals surface area (Å²) >= 11 is 5.90. The Labute approximate surface area is 118 Å². The molecule has 6 heteroatoms. The molecule has 1 aromatic carbocycles. The second kappa shape index (κ2) is 5.51. The Kier molecular flexibility index (Phi) is 4.16. The fraction of sp³-hybridized carbons (Fsp3) is 0.462. The van der Waals surface area contributed by atoms with Gasteiger partial charge in [0.25, 0.3) is 0 Å². The van der Waals surface area contributed by atoms with Crippen LogP contribution in [-0.4, -0.2) is 25.8 Å². The molecule has 2 atom stereocenters. The van der Waals surface area contributed by atoms with Crippen LogP contribution in [0.15, 0.2) is 24.3 Å². The Morgan fingerprint density at radius 3 is 2.79 bits per heavy atom. The molecule has 1 amide bonds. The zero-order valence-corrected chi connectivity index (χ0v) is 12.2. The van der Waals surface area contributed by atoms with Gasteiger partial charge in [0.2, 0.25) is 5.91 Å². The van der Waals surface area contributed by atoms with Gasteiger partial charge in [-0.25, -0.2) is 8.42 Å². The van der Waals surface area contributed by atoms with E-state index < -0.39 is 15.8 Å². The van der Waals surface area contributed by atoms with Crippen LogP contribution in [0.4, 0.5) is 0 Å². The van der Waals surface area contributed by atoms with Gasteiger partial charge in [0.15, 0.2) is 9.84 Å². The molecule has 1 aliphatic rings. The standard InChI is InChI=1S/C13H16ClNO3S/c1-9(10-3-2-4-12(14)7-10)15-13(16)11-5-6-19(17,18)8-11/h2-4,7,9,11H,5-6,8H2,1H3,(H,15,16). The predicted molar refractivity (Wildman–Crippen MR) is 74.8 cm³/mol. The first-order valence-electron chi connectivity index (χ1n) is 6.14. The lowest BCUT2D eigenvalue weighted by Gasteiger charge is -2.17. The van der Waals surface area contributed by atoms with Crippen molar-refractivity contribution in [3.05, 3.63) is 34.9 Å². The van der Waals surface area contributed by atoms with Gasteiger partial charge in [-0.15, -0.1) is 0 Å². The van der Waals surface area contributed by atoms with Gasteiger partial charge in [-0.1, -0.05) is 23.7 Å². The molecular formula is C13H16ClNO3S. The molecule has 0 radical (unpaired) electrons. The third-order valence-electron chi connectivity index (χ3n) is 3.31. The van der Waals surface area contributed by atoms with E-state index in [1.165, 1.54) is 0 Å². The number of sulfone groups is 1. The maximum Gasteiger partial charge on any atom is 0.224 e. The van der Waals surface area contributed by atoms with E-state index in [1.807, 2.05) is 19.1 Å². The zero-order valence-electron chi connectivity index (χ0n) is 10.6. The number of halogens is 1. The van der Waals surface area contributed by atoms with Crippen molar-refractivity contribution in [2.45, 2.75) is 19.4 Å². The van der Waals surface area contributed by atoms with Crippen molar-refractivity contribution in [1.29, 1.82) is 0 Å². The summed E-state index contributed by atoms with van der Waals surface area (Å²) in [5.74, 6) is -0.558. The van der Waals surface area contributed by atoms with Gasteiger partial charge >= 0.3 is 0 Å². The van der Waals surface area contributed by atoms with E-state index >= 15 is 0 Å². The highest BCUT2D eigenvalue weighted by Gasteiger charge is 2.33. The Morgan fingerprint density at radius 2 is 2.21 bits per heavy atom. The van der Waals surface area contributed by atoms with Gasteiger partial charge in [-0.3, -0.25) is 4.79 Å². The maximum absolute atomic E-state index is 12.0. The predicted octanol–water partition coefficient (Wildman–Crippen LogP) is 1.95. The summed E-state index contributed by atoms with van der Waals surface area (Å²) < 4.78 is 22.7. The van der Waals surface area contributed by atoms with Crippen LogP contribution < -0.4 is 5.32 Å². The molecule has 1 aliphatic heterocycles. The van der Waals surface area contributed by atoms with Crippen molar-refractivity contribution < 1.29 is 13.2 Å². The number of rotatable bonds is 3. The normalized spacial score (nSPS) is 22.9.